The summed E-state index contributed by atoms with van der Waals surface area (Å²) in [5.74, 6) is -0.450. The van der Waals surface area contributed by atoms with E-state index in [0.29, 0.717) is 90.4 Å². The van der Waals surface area contributed by atoms with Crippen molar-refractivity contribution in [1.82, 2.24) is 0 Å². The quantitative estimate of drug-likeness (QED) is 0.0574. The molecule has 12 heteroatoms. The topological polar surface area (TPSA) is 139 Å². The highest BCUT2D eigenvalue weighted by Gasteiger charge is 2.33. The van der Waals surface area contributed by atoms with Crippen LogP contribution in [0.5, 0.6) is 0 Å². The number of hydrogen-bond donors (Lipinski definition) is 2. The molecule has 0 saturated carbocycles. The van der Waals surface area contributed by atoms with Crippen molar-refractivity contribution in [2.75, 3.05) is 96.1 Å². The van der Waals surface area contributed by atoms with E-state index >= 15 is 0 Å². The zero-order valence-electron chi connectivity index (χ0n) is 26.0. The van der Waals surface area contributed by atoms with Gasteiger partial charge in [-0.1, -0.05) is 39.0 Å². The first-order chi connectivity index (χ1) is 21.6. The van der Waals surface area contributed by atoms with Crippen LogP contribution in [0.15, 0.2) is 30.0 Å². The number of benzene rings is 1. The number of anilines is 1. The van der Waals surface area contributed by atoms with Gasteiger partial charge in [-0.15, -0.1) is 11.8 Å². The lowest BCUT2D eigenvalue weighted by Gasteiger charge is -2.08. The van der Waals surface area contributed by atoms with Gasteiger partial charge in [0.05, 0.1) is 84.7 Å². The van der Waals surface area contributed by atoms with Crippen molar-refractivity contribution in [2.45, 2.75) is 45.4 Å². The fraction of sp³-hybridized carbons (Fsp3) is 0.656. The number of ketones is 2. The summed E-state index contributed by atoms with van der Waals surface area (Å²) in [6.45, 7) is 8.68. The number of aliphatic hydroxyl groups excluding tert-OH is 1. The van der Waals surface area contributed by atoms with E-state index in [1.165, 1.54) is 56.0 Å². The minimum atomic E-state index is -0.552. The number of carbonyl (C=O) groups excluding carboxylic acids is 3. The molecule has 1 aromatic rings. The summed E-state index contributed by atoms with van der Waals surface area (Å²) >= 11 is 1.42. The van der Waals surface area contributed by atoms with Gasteiger partial charge in [0.1, 0.15) is 5.57 Å². The van der Waals surface area contributed by atoms with E-state index in [1.54, 1.807) is 6.07 Å². The normalized spacial score (nSPS) is 13.6. The number of ether oxygens (including phenoxy) is 6. The molecule has 2 rings (SSSR count). The van der Waals surface area contributed by atoms with Gasteiger partial charge in [0.25, 0.3) is 0 Å². The van der Waals surface area contributed by atoms with Crippen LogP contribution in [0.25, 0.3) is 0 Å². The molecule has 1 aliphatic rings. The number of allylic oxidation sites excluding steroid dienone is 1. The zero-order valence-corrected chi connectivity index (χ0v) is 26.8. The van der Waals surface area contributed by atoms with E-state index in [-0.39, 0.29) is 28.4 Å². The Morgan fingerprint density at radius 1 is 0.705 bits per heavy atom. The Balaban J connectivity index is 1.29. The highest BCUT2D eigenvalue weighted by atomic mass is 32.2. The molecule has 1 aromatic carbocycles. The summed E-state index contributed by atoms with van der Waals surface area (Å²) in [6, 6.07) is 4.48. The highest BCUT2D eigenvalue weighted by molar-refractivity contribution is 7.99. The molecule has 0 fully saturated rings. The van der Waals surface area contributed by atoms with Crippen molar-refractivity contribution >= 4 is 34.9 Å². The molecular weight excluding hydrogens is 590 g/mol. The lowest BCUT2D eigenvalue weighted by molar-refractivity contribution is -0.113. The highest BCUT2D eigenvalue weighted by Crippen LogP contribution is 2.28. The Hall–Kier alpha value is -2.32. The number of hydrogen-bond acceptors (Lipinski definition) is 11. The number of unbranched alkanes of at least 4 members (excludes halogenated alkanes) is 5. The molecule has 0 aromatic heterocycles. The molecule has 248 valence electrons. The van der Waals surface area contributed by atoms with Crippen molar-refractivity contribution in [3.8, 4) is 0 Å². The van der Waals surface area contributed by atoms with Gasteiger partial charge in [-0.05, 0) is 24.6 Å². The summed E-state index contributed by atoms with van der Waals surface area (Å²) in [4.78, 5) is 36.4. The Labute approximate surface area is 265 Å². The second-order valence-electron chi connectivity index (χ2n) is 10.0. The largest absolute Gasteiger partial charge is 0.515 e. The van der Waals surface area contributed by atoms with E-state index in [9.17, 15) is 14.4 Å². The van der Waals surface area contributed by atoms with E-state index in [1.807, 2.05) is 0 Å². The molecule has 0 heterocycles. The Morgan fingerprint density at radius 3 is 1.77 bits per heavy atom. The lowest BCUT2D eigenvalue weighted by Crippen LogP contribution is -2.16. The van der Waals surface area contributed by atoms with Gasteiger partial charge in [0.2, 0.25) is 17.5 Å². The van der Waals surface area contributed by atoms with Gasteiger partial charge in [0.15, 0.2) is 0 Å². The zero-order chi connectivity index (χ0) is 31.7. The SMILES string of the molecule is CCCCCCCCOCCOCCOCCOCCOCCOCCSCC(=O)Nc1ccc2c(c1)C(=O)/C(=C\O)C2=O. The fourth-order valence-electron chi connectivity index (χ4n) is 4.18. The van der Waals surface area contributed by atoms with Gasteiger partial charge in [0, 0.05) is 29.2 Å². The van der Waals surface area contributed by atoms with Crippen molar-refractivity contribution in [1.29, 1.82) is 0 Å². The molecule has 2 N–H and O–H groups in total. The lowest BCUT2D eigenvalue weighted by atomic mass is 10.1. The maximum atomic E-state index is 12.2. The summed E-state index contributed by atoms with van der Waals surface area (Å²) in [7, 11) is 0. The van der Waals surface area contributed by atoms with Crippen LogP contribution in [0, 0.1) is 0 Å². The molecule has 0 atom stereocenters. The van der Waals surface area contributed by atoms with E-state index in [4.69, 9.17) is 33.5 Å². The first kappa shape index (κ1) is 37.9. The molecule has 44 heavy (non-hydrogen) atoms. The monoisotopic (exact) mass is 639 g/mol. The standard InChI is InChI=1S/C32H49NO10S/c1-2-3-4-5-6-7-10-38-11-12-39-13-14-40-15-16-41-17-18-42-19-20-43-21-22-44-25-30(35)33-26-8-9-27-28(23-26)32(37)29(24-34)31(27)36/h8-9,23-24,34H,2-7,10-22,25H2,1H3,(H,33,35)/b29-24-. The van der Waals surface area contributed by atoms with Crippen LogP contribution >= 0.6 is 11.8 Å². The molecule has 1 aliphatic carbocycles. The molecule has 0 saturated heterocycles. The predicted octanol–water partition coefficient (Wildman–Crippen LogP) is 4.64. The van der Waals surface area contributed by atoms with Gasteiger partial charge in [-0.3, -0.25) is 14.4 Å². The minimum absolute atomic E-state index is 0.171. The predicted molar refractivity (Wildman–Crippen MR) is 170 cm³/mol. The third kappa shape index (κ3) is 16.1. The Kier molecular flexibility index (Phi) is 21.5. The molecular formula is C32H49NO10S. The molecule has 1 amide bonds. The molecule has 0 radical (unpaired) electrons. The van der Waals surface area contributed by atoms with Crippen molar-refractivity contribution in [3.05, 3.63) is 41.2 Å². The number of thioether (sulfide) groups is 1. The van der Waals surface area contributed by atoms with Gasteiger partial charge in [-0.2, -0.15) is 0 Å². The molecule has 11 nitrogen and oxygen atoms in total. The molecule has 0 bridgehead atoms. The average molecular weight is 640 g/mol. The number of nitrogens with one attached hydrogen (secondary N) is 1. The average Bonchev–Trinajstić information content (AvgIpc) is 3.26. The summed E-state index contributed by atoms with van der Waals surface area (Å²) in [6.07, 6.45) is 8.13. The van der Waals surface area contributed by atoms with Crippen LogP contribution in [-0.4, -0.2) is 113 Å². The number of rotatable bonds is 28. The van der Waals surface area contributed by atoms with Crippen LogP contribution in [0.2, 0.25) is 0 Å². The number of Topliss-reactive ketones (excluding diaryl/α,β-unsaturated/α-hetero) is 2. The third-order valence-corrected chi connectivity index (χ3v) is 7.44. The summed E-state index contributed by atoms with van der Waals surface area (Å²) < 4.78 is 33.0. The Morgan fingerprint density at radius 2 is 1.20 bits per heavy atom. The second-order valence-corrected chi connectivity index (χ2v) is 11.1. The van der Waals surface area contributed by atoms with Crippen LogP contribution < -0.4 is 5.32 Å². The minimum Gasteiger partial charge on any atom is -0.515 e. The number of amides is 1. The smallest absolute Gasteiger partial charge is 0.234 e. The summed E-state index contributed by atoms with van der Waals surface area (Å²) in [5.41, 5.74) is 0.532. The Bertz CT molecular complexity index is 1000. The number of carbonyl (C=O) groups is 3. The molecule has 0 aliphatic heterocycles. The van der Waals surface area contributed by atoms with E-state index in [2.05, 4.69) is 12.2 Å². The maximum absolute atomic E-state index is 12.2. The molecule has 0 spiro atoms. The number of fused-ring (bicyclic) bond motifs is 1. The van der Waals surface area contributed by atoms with Crippen LogP contribution in [0.1, 0.15) is 66.2 Å². The second kappa shape index (κ2) is 24.9. The maximum Gasteiger partial charge on any atom is 0.234 e. The van der Waals surface area contributed by atoms with Crippen LogP contribution in [0.3, 0.4) is 0 Å². The van der Waals surface area contributed by atoms with E-state index in [0.717, 1.165) is 13.0 Å². The van der Waals surface area contributed by atoms with Crippen molar-refractivity contribution < 1.29 is 47.9 Å². The van der Waals surface area contributed by atoms with Gasteiger partial charge in [-0.25, -0.2) is 0 Å². The fourth-order valence-corrected chi connectivity index (χ4v) is 4.82. The van der Waals surface area contributed by atoms with Crippen LogP contribution in [0.4, 0.5) is 5.69 Å². The number of aliphatic hydroxyl groups is 1. The first-order valence-corrected chi connectivity index (χ1v) is 16.7. The third-order valence-electron chi connectivity index (χ3n) is 6.52. The van der Waals surface area contributed by atoms with Crippen molar-refractivity contribution in [2.24, 2.45) is 0 Å². The summed E-state index contributed by atoms with van der Waals surface area (Å²) in [5, 5.41) is 11.8. The first-order valence-electron chi connectivity index (χ1n) is 15.5. The van der Waals surface area contributed by atoms with Gasteiger partial charge < -0.3 is 38.8 Å². The van der Waals surface area contributed by atoms with Crippen LogP contribution in [-0.2, 0) is 33.2 Å². The van der Waals surface area contributed by atoms with Gasteiger partial charge >= 0.3 is 0 Å². The van der Waals surface area contributed by atoms with E-state index < -0.39 is 11.6 Å². The molecule has 0 unspecified atom stereocenters. The van der Waals surface area contributed by atoms with Crippen molar-refractivity contribution in [3.63, 3.8) is 0 Å².